The molecular weight excluding hydrogens is 397 g/mol. The van der Waals surface area contributed by atoms with Gasteiger partial charge in [-0.1, -0.05) is 31.9 Å². The summed E-state index contributed by atoms with van der Waals surface area (Å²) in [5, 5.41) is 10.9. The van der Waals surface area contributed by atoms with Gasteiger partial charge in [0.1, 0.15) is 12.4 Å². The highest BCUT2D eigenvalue weighted by Gasteiger charge is 2.15. The Morgan fingerprint density at radius 3 is 2.55 bits per heavy atom. The van der Waals surface area contributed by atoms with Crippen LogP contribution in [-0.4, -0.2) is 4.92 Å². The number of hydrogen-bond donors (Lipinski definition) is 0. The fourth-order valence-electron chi connectivity index (χ4n) is 1.61. The number of benzene rings is 2. The van der Waals surface area contributed by atoms with Crippen LogP contribution in [0.25, 0.3) is 0 Å². The van der Waals surface area contributed by atoms with Crippen molar-refractivity contribution in [2.75, 3.05) is 0 Å². The van der Waals surface area contributed by atoms with Crippen LogP contribution < -0.4 is 4.74 Å². The third kappa shape index (κ3) is 3.77. The minimum Gasteiger partial charge on any atom is -0.482 e. The van der Waals surface area contributed by atoms with Gasteiger partial charge in [0.2, 0.25) is 0 Å². The summed E-state index contributed by atoms with van der Waals surface area (Å²) < 4.78 is 19.8. The van der Waals surface area contributed by atoms with Crippen molar-refractivity contribution in [1.82, 2.24) is 0 Å². The molecule has 0 aliphatic heterocycles. The first-order chi connectivity index (χ1) is 9.45. The van der Waals surface area contributed by atoms with Crippen LogP contribution in [0.3, 0.4) is 0 Å². The second-order valence-electron chi connectivity index (χ2n) is 3.94. The van der Waals surface area contributed by atoms with E-state index in [9.17, 15) is 14.5 Å². The molecule has 4 nitrogen and oxygen atoms in total. The molecule has 0 atom stereocenters. The van der Waals surface area contributed by atoms with Crippen LogP contribution in [0.2, 0.25) is 0 Å². The van der Waals surface area contributed by atoms with Gasteiger partial charge in [-0.2, -0.15) is 0 Å². The van der Waals surface area contributed by atoms with E-state index in [4.69, 9.17) is 4.74 Å². The molecule has 0 aromatic heterocycles. The zero-order valence-corrected chi connectivity index (χ0v) is 13.1. The first-order valence-corrected chi connectivity index (χ1v) is 7.06. The van der Waals surface area contributed by atoms with E-state index in [1.807, 2.05) is 0 Å². The number of nitro groups is 1. The molecule has 0 amide bonds. The molecule has 0 heterocycles. The van der Waals surface area contributed by atoms with Gasteiger partial charge in [-0.05, 0) is 35.9 Å². The molecular formula is C13H8Br2FNO3. The maximum Gasteiger partial charge on any atom is 0.312 e. The maximum absolute atomic E-state index is 13.2. The molecule has 2 rings (SSSR count). The molecule has 0 spiro atoms. The lowest BCUT2D eigenvalue weighted by Crippen LogP contribution is -1.99. The quantitative estimate of drug-likeness (QED) is 0.541. The van der Waals surface area contributed by atoms with Crippen molar-refractivity contribution in [2.45, 2.75) is 6.61 Å². The Labute approximate surface area is 131 Å². The van der Waals surface area contributed by atoms with Crippen molar-refractivity contribution in [3.8, 4) is 5.75 Å². The lowest BCUT2D eigenvalue weighted by molar-refractivity contribution is -0.386. The molecule has 0 saturated heterocycles. The van der Waals surface area contributed by atoms with Gasteiger partial charge < -0.3 is 4.74 Å². The molecule has 104 valence electrons. The fraction of sp³-hybridized carbons (Fsp3) is 0.0769. The SMILES string of the molecule is O=[N+]([O-])c1cc(Br)ccc1OCc1cc(F)cc(Br)c1. The Hall–Kier alpha value is -1.47. The van der Waals surface area contributed by atoms with Crippen molar-refractivity contribution in [1.29, 1.82) is 0 Å². The molecule has 0 N–H and O–H groups in total. The van der Waals surface area contributed by atoms with Gasteiger partial charge in [-0.15, -0.1) is 0 Å². The molecule has 0 unspecified atom stereocenters. The van der Waals surface area contributed by atoms with Crippen LogP contribution in [0.4, 0.5) is 10.1 Å². The first kappa shape index (κ1) is 14.9. The van der Waals surface area contributed by atoms with E-state index < -0.39 is 10.7 Å². The number of nitro benzene ring substituents is 1. The third-order valence-corrected chi connectivity index (χ3v) is 3.39. The monoisotopic (exact) mass is 403 g/mol. The second kappa shape index (κ2) is 6.32. The van der Waals surface area contributed by atoms with Crippen molar-refractivity contribution < 1.29 is 14.1 Å². The van der Waals surface area contributed by atoms with E-state index in [0.29, 0.717) is 14.5 Å². The summed E-state index contributed by atoms with van der Waals surface area (Å²) in [4.78, 5) is 10.4. The normalized spacial score (nSPS) is 10.3. The van der Waals surface area contributed by atoms with Gasteiger partial charge in [0.05, 0.1) is 4.92 Å². The third-order valence-electron chi connectivity index (χ3n) is 2.43. The van der Waals surface area contributed by atoms with Gasteiger partial charge in [-0.3, -0.25) is 10.1 Å². The molecule has 0 fully saturated rings. The van der Waals surface area contributed by atoms with Crippen LogP contribution in [0.15, 0.2) is 45.3 Å². The van der Waals surface area contributed by atoms with Crippen LogP contribution in [0.1, 0.15) is 5.56 Å². The zero-order valence-electron chi connectivity index (χ0n) is 9.98. The maximum atomic E-state index is 13.2. The summed E-state index contributed by atoms with van der Waals surface area (Å²) in [5.41, 5.74) is 0.434. The average molecular weight is 405 g/mol. The Morgan fingerprint density at radius 2 is 1.90 bits per heavy atom. The Balaban J connectivity index is 2.20. The first-order valence-electron chi connectivity index (χ1n) is 5.47. The van der Waals surface area contributed by atoms with Crippen LogP contribution >= 0.6 is 31.9 Å². The molecule has 0 radical (unpaired) electrons. The van der Waals surface area contributed by atoms with Crippen LogP contribution in [-0.2, 0) is 6.61 Å². The minimum atomic E-state index is -0.526. The predicted octanol–water partition coefficient (Wildman–Crippen LogP) is 4.84. The number of rotatable bonds is 4. The summed E-state index contributed by atoms with van der Waals surface area (Å²) in [6.45, 7) is 0.0405. The van der Waals surface area contributed by atoms with Gasteiger partial charge in [0.15, 0.2) is 5.75 Å². The largest absolute Gasteiger partial charge is 0.482 e. The fourth-order valence-corrected chi connectivity index (χ4v) is 2.47. The molecule has 20 heavy (non-hydrogen) atoms. The van der Waals surface area contributed by atoms with Crippen molar-refractivity contribution >= 4 is 37.5 Å². The molecule has 7 heteroatoms. The Morgan fingerprint density at radius 1 is 1.15 bits per heavy atom. The summed E-state index contributed by atoms with van der Waals surface area (Å²) in [7, 11) is 0. The minimum absolute atomic E-state index is 0.0405. The lowest BCUT2D eigenvalue weighted by Gasteiger charge is -2.07. The Kier molecular flexibility index (Phi) is 4.72. The van der Waals surface area contributed by atoms with E-state index >= 15 is 0 Å². The summed E-state index contributed by atoms with van der Waals surface area (Å²) >= 11 is 6.34. The summed E-state index contributed by atoms with van der Waals surface area (Å²) in [6.07, 6.45) is 0. The van der Waals surface area contributed by atoms with Crippen LogP contribution in [0.5, 0.6) is 5.75 Å². The van der Waals surface area contributed by atoms with Crippen molar-refractivity contribution in [3.05, 3.63) is 66.8 Å². The summed E-state index contributed by atoms with van der Waals surface area (Å²) in [6, 6.07) is 8.83. The van der Waals surface area contributed by atoms with Gasteiger partial charge in [0.25, 0.3) is 0 Å². The molecule has 0 aliphatic rings. The second-order valence-corrected chi connectivity index (χ2v) is 5.77. The van der Waals surface area contributed by atoms with Gasteiger partial charge in [-0.25, -0.2) is 4.39 Å². The molecule has 2 aromatic rings. The van der Waals surface area contributed by atoms with Gasteiger partial charge in [0, 0.05) is 15.0 Å². The van der Waals surface area contributed by atoms with Crippen molar-refractivity contribution in [2.24, 2.45) is 0 Å². The number of halogens is 3. The highest BCUT2D eigenvalue weighted by molar-refractivity contribution is 9.10. The molecule has 0 saturated carbocycles. The lowest BCUT2D eigenvalue weighted by atomic mass is 10.2. The number of ether oxygens (including phenoxy) is 1. The van der Waals surface area contributed by atoms with E-state index in [-0.39, 0.29) is 18.0 Å². The van der Waals surface area contributed by atoms with Crippen LogP contribution in [0, 0.1) is 15.9 Å². The molecule has 2 aromatic carbocycles. The van der Waals surface area contributed by atoms with E-state index in [2.05, 4.69) is 31.9 Å². The number of nitrogens with zero attached hydrogens (tertiary/aromatic N) is 1. The summed E-state index contributed by atoms with van der Waals surface area (Å²) in [5.74, 6) is -0.262. The predicted molar refractivity (Wildman–Crippen MR) is 79.2 cm³/mol. The molecule has 0 bridgehead atoms. The van der Waals surface area contributed by atoms with Gasteiger partial charge >= 0.3 is 5.69 Å². The van der Waals surface area contributed by atoms with Crippen molar-refractivity contribution in [3.63, 3.8) is 0 Å². The topological polar surface area (TPSA) is 52.4 Å². The van der Waals surface area contributed by atoms with E-state index in [1.54, 1.807) is 12.1 Å². The van der Waals surface area contributed by atoms with E-state index in [1.165, 1.54) is 24.3 Å². The average Bonchev–Trinajstić information content (AvgIpc) is 2.36. The highest BCUT2D eigenvalue weighted by Crippen LogP contribution is 2.30. The smallest absolute Gasteiger partial charge is 0.312 e. The standard InChI is InChI=1S/C13H8Br2FNO3/c14-9-1-2-13(12(6-9)17(18)19)20-7-8-3-10(15)5-11(16)4-8/h1-6H,7H2. The zero-order chi connectivity index (χ0) is 14.7. The number of hydrogen-bond acceptors (Lipinski definition) is 3. The highest BCUT2D eigenvalue weighted by atomic mass is 79.9. The Bertz CT molecular complexity index is 644. The van der Waals surface area contributed by atoms with E-state index in [0.717, 1.165) is 0 Å². The molecule has 0 aliphatic carbocycles.